The Kier molecular flexibility index (Phi) is 6.31. The number of furan rings is 1. The van der Waals surface area contributed by atoms with E-state index in [1.807, 2.05) is 42.5 Å². The highest BCUT2D eigenvalue weighted by Gasteiger charge is 2.18. The second-order valence-corrected chi connectivity index (χ2v) is 7.47. The van der Waals surface area contributed by atoms with Crippen LogP contribution < -0.4 is 0 Å². The van der Waals surface area contributed by atoms with Crippen LogP contribution in [0.2, 0.25) is 0 Å². The van der Waals surface area contributed by atoms with Gasteiger partial charge in [-0.25, -0.2) is 0 Å². The highest BCUT2D eigenvalue weighted by molar-refractivity contribution is 9.10. The minimum Gasteiger partial charge on any atom is -0.459 e. The van der Waals surface area contributed by atoms with Crippen LogP contribution in [0.4, 0.5) is 0 Å². The van der Waals surface area contributed by atoms with Crippen LogP contribution in [0, 0.1) is 0 Å². The number of hydrogen-bond acceptors (Lipinski definition) is 3. The molecule has 6 heteroatoms. The Labute approximate surface area is 172 Å². The van der Waals surface area contributed by atoms with Gasteiger partial charge in [-0.1, -0.05) is 46.3 Å². The molecule has 0 radical (unpaired) electrons. The lowest BCUT2D eigenvalue weighted by atomic mass is 10.2. The topological polar surface area (TPSA) is 53.8 Å². The molecule has 0 spiro atoms. The van der Waals surface area contributed by atoms with E-state index in [2.05, 4.69) is 15.9 Å². The molecule has 144 valence electrons. The Hall–Kier alpha value is -2.86. The zero-order valence-corrected chi connectivity index (χ0v) is 17.3. The van der Waals surface area contributed by atoms with Gasteiger partial charge in [0.05, 0.1) is 13.1 Å². The van der Waals surface area contributed by atoms with Crippen molar-refractivity contribution in [1.29, 1.82) is 0 Å². The Morgan fingerprint density at radius 1 is 0.893 bits per heavy atom. The lowest BCUT2D eigenvalue weighted by molar-refractivity contribution is -0.131. The highest BCUT2D eigenvalue weighted by Crippen LogP contribution is 2.24. The molecule has 3 rings (SSSR count). The average molecular weight is 441 g/mol. The van der Waals surface area contributed by atoms with Crippen LogP contribution in [-0.4, -0.2) is 42.3 Å². The Morgan fingerprint density at radius 3 is 2.25 bits per heavy atom. The van der Waals surface area contributed by atoms with Crippen LogP contribution >= 0.6 is 15.9 Å². The maximum atomic E-state index is 12.5. The maximum Gasteiger partial charge on any atom is 0.254 e. The fraction of sp³-hybridized carbons (Fsp3) is 0.182. The Bertz CT molecular complexity index is 951. The number of benzene rings is 2. The van der Waals surface area contributed by atoms with E-state index in [1.54, 1.807) is 43.3 Å². The quantitative estimate of drug-likeness (QED) is 0.569. The minimum atomic E-state index is -0.183. The van der Waals surface area contributed by atoms with E-state index < -0.39 is 0 Å². The molecule has 0 saturated carbocycles. The third kappa shape index (κ3) is 4.89. The van der Waals surface area contributed by atoms with E-state index >= 15 is 0 Å². The van der Waals surface area contributed by atoms with Gasteiger partial charge < -0.3 is 14.2 Å². The molecule has 2 amide bonds. The van der Waals surface area contributed by atoms with Crippen molar-refractivity contribution in [2.24, 2.45) is 0 Å². The second-order valence-electron chi connectivity index (χ2n) is 6.55. The van der Waals surface area contributed by atoms with Crippen molar-refractivity contribution in [1.82, 2.24) is 9.80 Å². The van der Waals surface area contributed by atoms with Gasteiger partial charge in [0.15, 0.2) is 0 Å². The summed E-state index contributed by atoms with van der Waals surface area (Å²) < 4.78 is 6.86. The summed E-state index contributed by atoms with van der Waals surface area (Å²) in [5.41, 5.74) is 1.53. The summed E-state index contributed by atoms with van der Waals surface area (Å²) in [6, 6.07) is 20.5. The molecule has 0 aliphatic rings. The summed E-state index contributed by atoms with van der Waals surface area (Å²) in [6.45, 7) is 0.341. The second kappa shape index (κ2) is 8.89. The highest BCUT2D eigenvalue weighted by atomic mass is 79.9. The Balaban J connectivity index is 1.58. The van der Waals surface area contributed by atoms with Crippen LogP contribution in [0.3, 0.4) is 0 Å². The number of carbonyl (C=O) groups excluding carboxylic acids is 2. The molecule has 0 saturated heterocycles. The number of amides is 2. The summed E-state index contributed by atoms with van der Waals surface area (Å²) in [5.74, 6) is 1.09. The van der Waals surface area contributed by atoms with Crippen LogP contribution in [0.15, 0.2) is 75.6 Å². The average Bonchev–Trinajstić information content (AvgIpc) is 3.16. The molecule has 5 nitrogen and oxygen atoms in total. The minimum absolute atomic E-state index is 0.00447. The van der Waals surface area contributed by atoms with Crippen molar-refractivity contribution in [3.63, 3.8) is 0 Å². The van der Waals surface area contributed by atoms with E-state index in [4.69, 9.17) is 4.42 Å². The van der Waals surface area contributed by atoms with Crippen molar-refractivity contribution < 1.29 is 14.0 Å². The first-order chi connectivity index (χ1) is 13.4. The summed E-state index contributed by atoms with van der Waals surface area (Å²) >= 11 is 3.41. The van der Waals surface area contributed by atoms with E-state index in [0.29, 0.717) is 17.9 Å². The van der Waals surface area contributed by atoms with Crippen molar-refractivity contribution >= 4 is 27.7 Å². The summed E-state index contributed by atoms with van der Waals surface area (Å²) in [6.07, 6.45) is 0. The van der Waals surface area contributed by atoms with Crippen LogP contribution in [-0.2, 0) is 11.3 Å². The van der Waals surface area contributed by atoms with Gasteiger partial charge in [0, 0.05) is 29.7 Å². The van der Waals surface area contributed by atoms with Crippen molar-refractivity contribution in [3.05, 3.63) is 82.5 Å². The molecule has 2 aromatic carbocycles. The molecule has 0 aliphatic heterocycles. The van der Waals surface area contributed by atoms with Gasteiger partial charge in [0.25, 0.3) is 5.91 Å². The smallest absolute Gasteiger partial charge is 0.254 e. The predicted molar refractivity (Wildman–Crippen MR) is 112 cm³/mol. The molecule has 0 aliphatic carbocycles. The number of carbonyl (C=O) groups is 2. The number of hydrogen-bond donors (Lipinski definition) is 0. The standard InChI is InChI=1S/C22H21BrN2O3/c1-24(21(26)15-25(2)22(27)17-6-4-3-5-7-17)14-19-12-13-20(28-19)16-8-10-18(23)11-9-16/h3-13H,14-15H2,1-2H3. The first-order valence-electron chi connectivity index (χ1n) is 8.83. The van der Waals surface area contributed by atoms with E-state index in [0.717, 1.165) is 15.8 Å². The van der Waals surface area contributed by atoms with Gasteiger partial charge in [0.2, 0.25) is 5.91 Å². The largest absolute Gasteiger partial charge is 0.459 e. The van der Waals surface area contributed by atoms with Crippen molar-refractivity contribution in [2.75, 3.05) is 20.6 Å². The van der Waals surface area contributed by atoms with Crippen molar-refractivity contribution in [3.8, 4) is 11.3 Å². The maximum absolute atomic E-state index is 12.5. The van der Waals surface area contributed by atoms with Gasteiger partial charge in [-0.15, -0.1) is 0 Å². The molecular weight excluding hydrogens is 420 g/mol. The van der Waals surface area contributed by atoms with Gasteiger partial charge in [-0.2, -0.15) is 0 Å². The first kappa shape index (κ1) is 19.9. The summed E-state index contributed by atoms with van der Waals surface area (Å²) in [7, 11) is 3.32. The summed E-state index contributed by atoms with van der Waals surface area (Å²) in [4.78, 5) is 27.8. The SMILES string of the molecule is CN(Cc1ccc(-c2ccc(Br)cc2)o1)C(=O)CN(C)C(=O)c1ccccc1. The monoisotopic (exact) mass is 440 g/mol. The molecule has 0 bridgehead atoms. The van der Waals surface area contributed by atoms with Gasteiger partial charge >= 0.3 is 0 Å². The zero-order valence-electron chi connectivity index (χ0n) is 15.8. The van der Waals surface area contributed by atoms with E-state index in [1.165, 1.54) is 4.90 Å². The normalized spacial score (nSPS) is 10.5. The van der Waals surface area contributed by atoms with Crippen LogP contribution in [0.5, 0.6) is 0 Å². The van der Waals surface area contributed by atoms with E-state index in [9.17, 15) is 9.59 Å². The fourth-order valence-electron chi connectivity index (χ4n) is 2.75. The Morgan fingerprint density at radius 2 is 1.57 bits per heavy atom. The number of likely N-dealkylation sites (N-methyl/N-ethyl adjacent to an activating group) is 2. The molecule has 28 heavy (non-hydrogen) atoms. The number of halogens is 1. The molecule has 0 atom stereocenters. The van der Waals surface area contributed by atoms with Crippen LogP contribution in [0.25, 0.3) is 11.3 Å². The van der Waals surface area contributed by atoms with Gasteiger partial charge in [0.1, 0.15) is 11.5 Å². The number of nitrogens with zero attached hydrogens (tertiary/aromatic N) is 2. The molecular formula is C22H21BrN2O3. The fourth-order valence-corrected chi connectivity index (χ4v) is 3.01. The molecule has 0 N–H and O–H groups in total. The lowest BCUT2D eigenvalue weighted by Gasteiger charge is -2.21. The molecule has 3 aromatic rings. The lowest BCUT2D eigenvalue weighted by Crippen LogP contribution is -2.39. The first-order valence-corrected chi connectivity index (χ1v) is 9.62. The van der Waals surface area contributed by atoms with E-state index in [-0.39, 0.29) is 18.4 Å². The summed E-state index contributed by atoms with van der Waals surface area (Å²) in [5, 5.41) is 0. The zero-order chi connectivity index (χ0) is 20.1. The van der Waals surface area contributed by atoms with Crippen molar-refractivity contribution in [2.45, 2.75) is 6.54 Å². The third-order valence-electron chi connectivity index (χ3n) is 4.35. The molecule has 1 heterocycles. The molecule has 0 unspecified atom stereocenters. The van der Waals surface area contributed by atoms with Crippen LogP contribution in [0.1, 0.15) is 16.1 Å². The van der Waals surface area contributed by atoms with Gasteiger partial charge in [-0.3, -0.25) is 9.59 Å². The molecule has 1 aromatic heterocycles. The third-order valence-corrected chi connectivity index (χ3v) is 4.88. The van der Waals surface area contributed by atoms with Gasteiger partial charge in [-0.05, 0) is 36.4 Å². The molecule has 0 fully saturated rings. The number of rotatable bonds is 6. The predicted octanol–water partition coefficient (Wildman–Crippen LogP) is 4.44.